The first-order valence-corrected chi connectivity index (χ1v) is 7.36. The Balaban J connectivity index is 2.04. The van der Waals surface area contributed by atoms with Crippen molar-refractivity contribution in [2.24, 2.45) is 0 Å². The molecule has 3 heteroatoms. The molecule has 2 rings (SSSR count). The van der Waals surface area contributed by atoms with Gasteiger partial charge in [0, 0.05) is 19.1 Å². The van der Waals surface area contributed by atoms with Crippen LogP contribution >= 0.6 is 0 Å². The lowest BCUT2D eigenvalue weighted by Gasteiger charge is -2.27. The highest BCUT2D eigenvalue weighted by Crippen LogP contribution is 2.24. The molecular weight excluding hydrogens is 236 g/mol. The molecule has 2 atom stereocenters. The monoisotopic (exact) mass is 262 g/mol. The number of benzene rings is 1. The van der Waals surface area contributed by atoms with Crippen LogP contribution in [0.4, 0.5) is 0 Å². The van der Waals surface area contributed by atoms with Crippen molar-refractivity contribution in [3.05, 3.63) is 35.4 Å². The predicted octanol–water partition coefficient (Wildman–Crippen LogP) is 2.36. The fourth-order valence-corrected chi connectivity index (χ4v) is 2.84. The number of nitrogens with one attached hydrogen (secondary N) is 2. The van der Waals surface area contributed by atoms with E-state index >= 15 is 0 Å². The van der Waals surface area contributed by atoms with Crippen LogP contribution in [0.3, 0.4) is 0 Å². The molecule has 1 aromatic carbocycles. The SMILES string of the molecule is CCCC(C)(O)CNC1CCNCc2ccccc21. The first-order chi connectivity index (χ1) is 9.12. The van der Waals surface area contributed by atoms with Crippen molar-refractivity contribution in [2.45, 2.75) is 51.3 Å². The Bertz CT molecular complexity index is 403. The molecule has 0 bridgehead atoms. The highest BCUT2D eigenvalue weighted by molar-refractivity contribution is 5.31. The van der Waals surface area contributed by atoms with Crippen molar-refractivity contribution < 1.29 is 5.11 Å². The van der Waals surface area contributed by atoms with Gasteiger partial charge in [0.15, 0.2) is 0 Å². The van der Waals surface area contributed by atoms with Crippen LogP contribution in [0.1, 0.15) is 50.3 Å². The van der Waals surface area contributed by atoms with Crippen molar-refractivity contribution in [1.82, 2.24) is 10.6 Å². The fourth-order valence-electron chi connectivity index (χ4n) is 2.84. The summed E-state index contributed by atoms with van der Waals surface area (Å²) in [4.78, 5) is 0. The fraction of sp³-hybridized carbons (Fsp3) is 0.625. The lowest BCUT2D eigenvalue weighted by Crippen LogP contribution is -2.39. The van der Waals surface area contributed by atoms with Gasteiger partial charge in [0.2, 0.25) is 0 Å². The van der Waals surface area contributed by atoms with Crippen molar-refractivity contribution in [1.29, 1.82) is 0 Å². The second-order valence-electron chi connectivity index (χ2n) is 5.84. The van der Waals surface area contributed by atoms with E-state index in [0.29, 0.717) is 12.6 Å². The average molecular weight is 262 g/mol. The van der Waals surface area contributed by atoms with Gasteiger partial charge in [-0.05, 0) is 37.4 Å². The third-order valence-corrected chi connectivity index (χ3v) is 3.87. The van der Waals surface area contributed by atoms with Gasteiger partial charge in [-0.25, -0.2) is 0 Å². The van der Waals surface area contributed by atoms with E-state index in [1.165, 1.54) is 11.1 Å². The maximum absolute atomic E-state index is 10.3. The number of hydrogen-bond acceptors (Lipinski definition) is 3. The quantitative estimate of drug-likeness (QED) is 0.763. The minimum atomic E-state index is -0.608. The molecule has 0 aliphatic carbocycles. The van der Waals surface area contributed by atoms with Crippen LogP contribution in [-0.4, -0.2) is 23.8 Å². The van der Waals surface area contributed by atoms with E-state index in [4.69, 9.17) is 0 Å². The van der Waals surface area contributed by atoms with Crippen LogP contribution in [0.2, 0.25) is 0 Å². The molecule has 0 amide bonds. The van der Waals surface area contributed by atoms with E-state index in [-0.39, 0.29) is 0 Å². The summed E-state index contributed by atoms with van der Waals surface area (Å²) in [6, 6.07) is 8.93. The number of aliphatic hydroxyl groups is 1. The molecule has 3 N–H and O–H groups in total. The number of fused-ring (bicyclic) bond motifs is 1. The molecule has 0 radical (unpaired) electrons. The largest absolute Gasteiger partial charge is 0.389 e. The lowest BCUT2D eigenvalue weighted by molar-refractivity contribution is 0.0469. The van der Waals surface area contributed by atoms with E-state index in [1.807, 2.05) is 6.92 Å². The maximum Gasteiger partial charge on any atom is 0.0743 e. The first-order valence-electron chi connectivity index (χ1n) is 7.36. The van der Waals surface area contributed by atoms with Gasteiger partial charge in [0.05, 0.1) is 5.60 Å². The summed E-state index contributed by atoms with van der Waals surface area (Å²) in [7, 11) is 0. The Morgan fingerprint density at radius 2 is 2.21 bits per heavy atom. The molecule has 3 nitrogen and oxygen atoms in total. The lowest BCUT2D eigenvalue weighted by atomic mass is 9.96. The van der Waals surface area contributed by atoms with Gasteiger partial charge in [-0.3, -0.25) is 0 Å². The van der Waals surface area contributed by atoms with Gasteiger partial charge in [-0.15, -0.1) is 0 Å². The van der Waals surface area contributed by atoms with Crippen LogP contribution in [0, 0.1) is 0 Å². The molecular formula is C16H26N2O. The normalized spacial score (nSPS) is 22.4. The third-order valence-electron chi connectivity index (χ3n) is 3.87. The summed E-state index contributed by atoms with van der Waals surface area (Å²) in [5.74, 6) is 0. The molecule has 0 saturated carbocycles. The van der Waals surface area contributed by atoms with E-state index in [9.17, 15) is 5.11 Å². The summed E-state index contributed by atoms with van der Waals surface area (Å²) in [6.45, 7) is 6.64. The molecule has 0 aromatic heterocycles. The Hall–Kier alpha value is -0.900. The molecule has 0 spiro atoms. The van der Waals surface area contributed by atoms with E-state index in [0.717, 1.165) is 32.4 Å². The summed E-state index contributed by atoms with van der Waals surface area (Å²) in [5, 5.41) is 17.3. The Labute approximate surface area is 116 Å². The summed E-state index contributed by atoms with van der Waals surface area (Å²) in [6.07, 6.45) is 2.92. The van der Waals surface area contributed by atoms with Crippen LogP contribution in [0.15, 0.2) is 24.3 Å². The third kappa shape index (κ3) is 4.03. The van der Waals surface area contributed by atoms with Gasteiger partial charge in [0.1, 0.15) is 0 Å². The molecule has 19 heavy (non-hydrogen) atoms. The van der Waals surface area contributed by atoms with Gasteiger partial charge >= 0.3 is 0 Å². The van der Waals surface area contributed by atoms with Gasteiger partial charge in [-0.2, -0.15) is 0 Å². The van der Waals surface area contributed by atoms with Crippen LogP contribution in [0.25, 0.3) is 0 Å². The summed E-state index contributed by atoms with van der Waals surface area (Å²) in [5.41, 5.74) is 2.14. The first kappa shape index (κ1) is 14.5. The minimum Gasteiger partial charge on any atom is -0.389 e. The van der Waals surface area contributed by atoms with E-state index < -0.39 is 5.60 Å². The summed E-state index contributed by atoms with van der Waals surface area (Å²) >= 11 is 0. The molecule has 2 unspecified atom stereocenters. The topological polar surface area (TPSA) is 44.3 Å². The molecule has 1 aliphatic rings. The zero-order valence-electron chi connectivity index (χ0n) is 12.1. The van der Waals surface area contributed by atoms with Crippen molar-refractivity contribution in [3.63, 3.8) is 0 Å². The Kier molecular flexibility index (Phi) is 4.97. The second-order valence-corrected chi connectivity index (χ2v) is 5.84. The van der Waals surface area contributed by atoms with Crippen molar-refractivity contribution in [2.75, 3.05) is 13.1 Å². The number of rotatable bonds is 5. The Morgan fingerprint density at radius 1 is 1.42 bits per heavy atom. The van der Waals surface area contributed by atoms with E-state index in [2.05, 4.69) is 41.8 Å². The van der Waals surface area contributed by atoms with Gasteiger partial charge in [-0.1, -0.05) is 37.6 Å². The zero-order valence-corrected chi connectivity index (χ0v) is 12.1. The minimum absolute atomic E-state index is 0.342. The standard InChI is InChI=1S/C16H26N2O/c1-3-9-16(2,19)12-18-15-8-10-17-11-13-6-4-5-7-14(13)15/h4-7,15,17-19H,3,8-12H2,1-2H3. The summed E-state index contributed by atoms with van der Waals surface area (Å²) < 4.78 is 0. The molecule has 0 fully saturated rings. The number of hydrogen-bond donors (Lipinski definition) is 3. The highest BCUT2D eigenvalue weighted by Gasteiger charge is 2.23. The molecule has 1 aliphatic heterocycles. The average Bonchev–Trinajstić information content (AvgIpc) is 2.58. The van der Waals surface area contributed by atoms with Crippen molar-refractivity contribution >= 4 is 0 Å². The van der Waals surface area contributed by atoms with E-state index in [1.54, 1.807) is 0 Å². The van der Waals surface area contributed by atoms with Crippen LogP contribution in [-0.2, 0) is 6.54 Å². The zero-order chi connectivity index (χ0) is 13.7. The van der Waals surface area contributed by atoms with Gasteiger partial charge < -0.3 is 15.7 Å². The van der Waals surface area contributed by atoms with Crippen molar-refractivity contribution in [3.8, 4) is 0 Å². The molecule has 1 heterocycles. The maximum atomic E-state index is 10.3. The molecule has 0 saturated heterocycles. The van der Waals surface area contributed by atoms with Crippen LogP contribution < -0.4 is 10.6 Å². The highest BCUT2D eigenvalue weighted by atomic mass is 16.3. The van der Waals surface area contributed by atoms with Crippen LogP contribution in [0.5, 0.6) is 0 Å². The molecule has 1 aromatic rings. The Morgan fingerprint density at radius 3 is 3.00 bits per heavy atom. The second kappa shape index (κ2) is 6.51. The molecule has 106 valence electrons. The smallest absolute Gasteiger partial charge is 0.0743 e. The predicted molar refractivity (Wildman–Crippen MR) is 79.0 cm³/mol. The van der Waals surface area contributed by atoms with Gasteiger partial charge in [0.25, 0.3) is 0 Å².